The van der Waals surface area contributed by atoms with E-state index in [1.807, 2.05) is 0 Å². The van der Waals surface area contributed by atoms with Crippen LogP contribution in [0, 0.1) is 5.92 Å². The van der Waals surface area contributed by atoms with E-state index in [0.717, 1.165) is 11.7 Å². The molecular weight excluding hydrogens is 246 g/mol. The van der Waals surface area contributed by atoms with Crippen molar-refractivity contribution in [2.75, 3.05) is 7.05 Å². The molecule has 2 saturated carbocycles. The number of nitrogens with one attached hydrogen (secondary N) is 1. The molecule has 20 heavy (non-hydrogen) atoms. The van der Waals surface area contributed by atoms with Gasteiger partial charge in [-0.1, -0.05) is 37.8 Å². The average molecular weight is 273 g/mol. The zero-order valence-electron chi connectivity index (χ0n) is 12.6. The van der Waals surface area contributed by atoms with Crippen LogP contribution in [0.15, 0.2) is 24.3 Å². The molecule has 1 N–H and O–H groups in total. The minimum Gasteiger partial charge on any atom is -0.490 e. The van der Waals surface area contributed by atoms with Gasteiger partial charge in [-0.15, -0.1) is 0 Å². The summed E-state index contributed by atoms with van der Waals surface area (Å²) in [5.74, 6) is 2.02. The molecule has 0 saturated heterocycles. The van der Waals surface area contributed by atoms with Gasteiger partial charge in [-0.3, -0.25) is 0 Å². The first kappa shape index (κ1) is 13.9. The Morgan fingerprint density at radius 2 is 2.00 bits per heavy atom. The summed E-state index contributed by atoms with van der Waals surface area (Å²) in [6.45, 7) is 0. The molecule has 0 spiro atoms. The summed E-state index contributed by atoms with van der Waals surface area (Å²) in [4.78, 5) is 0. The van der Waals surface area contributed by atoms with Crippen LogP contribution in [0.3, 0.4) is 0 Å². The summed E-state index contributed by atoms with van der Waals surface area (Å²) in [6, 6.07) is 9.15. The average Bonchev–Trinajstić information content (AvgIpc) is 3.13. The van der Waals surface area contributed by atoms with E-state index in [9.17, 15) is 0 Å². The molecule has 0 radical (unpaired) electrons. The second-order valence-electron chi connectivity index (χ2n) is 6.46. The van der Waals surface area contributed by atoms with Crippen LogP contribution < -0.4 is 10.1 Å². The minimum absolute atomic E-state index is 0.471. The van der Waals surface area contributed by atoms with Crippen LogP contribution in [0.4, 0.5) is 0 Å². The molecule has 110 valence electrons. The molecule has 0 aromatic heterocycles. The summed E-state index contributed by atoms with van der Waals surface area (Å²) in [6.07, 6.45) is 11.3. The third kappa shape index (κ3) is 3.76. The Labute approximate surface area is 122 Å². The molecule has 1 aromatic rings. The topological polar surface area (TPSA) is 21.3 Å². The maximum absolute atomic E-state index is 5.91. The highest BCUT2D eigenvalue weighted by molar-refractivity contribution is 5.31. The first-order valence-corrected chi connectivity index (χ1v) is 8.29. The predicted octanol–water partition coefficient (Wildman–Crippen LogP) is 4.46. The lowest BCUT2D eigenvalue weighted by atomic mass is 9.95. The molecule has 0 amide bonds. The molecule has 0 heterocycles. The van der Waals surface area contributed by atoms with Crippen molar-refractivity contribution in [2.45, 2.75) is 63.5 Å². The SMILES string of the molecule is CNC(CCC1CCCC1)c1cccc(OC2CC2)c1. The zero-order valence-corrected chi connectivity index (χ0v) is 12.6. The van der Waals surface area contributed by atoms with Gasteiger partial charge in [0.05, 0.1) is 6.10 Å². The molecule has 0 bridgehead atoms. The van der Waals surface area contributed by atoms with Crippen LogP contribution in [-0.2, 0) is 0 Å². The summed E-state index contributed by atoms with van der Waals surface area (Å²) < 4.78 is 5.91. The molecule has 1 aromatic carbocycles. The standard InChI is InChI=1S/C18H27NO/c1-19-18(12-9-14-5-2-3-6-14)15-7-4-8-17(13-15)20-16-10-11-16/h4,7-8,13-14,16,18-19H,2-3,5-6,9-12H2,1H3. The van der Waals surface area contributed by atoms with E-state index in [-0.39, 0.29) is 0 Å². The molecule has 1 atom stereocenters. The molecular formula is C18H27NO. The predicted molar refractivity (Wildman–Crippen MR) is 83.1 cm³/mol. The molecule has 2 aliphatic rings. The van der Waals surface area contributed by atoms with Gasteiger partial charge < -0.3 is 10.1 Å². The molecule has 0 aliphatic heterocycles. The van der Waals surface area contributed by atoms with Crippen molar-refractivity contribution in [3.05, 3.63) is 29.8 Å². The fourth-order valence-corrected chi connectivity index (χ4v) is 3.36. The fraction of sp³-hybridized carbons (Fsp3) is 0.667. The van der Waals surface area contributed by atoms with E-state index in [0.29, 0.717) is 12.1 Å². The van der Waals surface area contributed by atoms with Crippen molar-refractivity contribution in [3.8, 4) is 5.75 Å². The molecule has 2 fully saturated rings. The Hall–Kier alpha value is -1.02. The maximum Gasteiger partial charge on any atom is 0.120 e. The fourth-order valence-electron chi connectivity index (χ4n) is 3.36. The van der Waals surface area contributed by atoms with Crippen molar-refractivity contribution in [1.29, 1.82) is 0 Å². The van der Waals surface area contributed by atoms with Gasteiger partial charge in [-0.25, -0.2) is 0 Å². The van der Waals surface area contributed by atoms with Gasteiger partial charge in [-0.05, 0) is 56.3 Å². The monoisotopic (exact) mass is 273 g/mol. The third-order valence-corrected chi connectivity index (χ3v) is 4.77. The van der Waals surface area contributed by atoms with Gasteiger partial charge in [0.2, 0.25) is 0 Å². The second-order valence-corrected chi connectivity index (χ2v) is 6.46. The largest absolute Gasteiger partial charge is 0.490 e. The van der Waals surface area contributed by atoms with Crippen LogP contribution in [0.2, 0.25) is 0 Å². The maximum atomic E-state index is 5.91. The van der Waals surface area contributed by atoms with Gasteiger partial charge in [0.15, 0.2) is 0 Å². The van der Waals surface area contributed by atoms with Crippen molar-refractivity contribution in [2.24, 2.45) is 5.92 Å². The highest BCUT2D eigenvalue weighted by Crippen LogP contribution is 2.33. The van der Waals surface area contributed by atoms with Crippen LogP contribution in [0.1, 0.15) is 63.0 Å². The Bertz CT molecular complexity index is 421. The minimum atomic E-state index is 0.471. The van der Waals surface area contributed by atoms with Crippen molar-refractivity contribution >= 4 is 0 Å². The van der Waals surface area contributed by atoms with E-state index < -0.39 is 0 Å². The first-order valence-electron chi connectivity index (χ1n) is 8.29. The molecule has 3 rings (SSSR count). The van der Waals surface area contributed by atoms with Gasteiger partial charge in [0.1, 0.15) is 5.75 Å². The van der Waals surface area contributed by atoms with Crippen molar-refractivity contribution < 1.29 is 4.74 Å². The lowest BCUT2D eigenvalue weighted by Gasteiger charge is -2.19. The van der Waals surface area contributed by atoms with Crippen molar-refractivity contribution in [3.63, 3.8) is 0 Å². The molecule has 2 heteroatoms. The lowest BCUT2D eigenvalue weighted by Crippen LogP contribution is -2.17. The highest BCUT2D eigenvalue weighted by Gasteiger charge is 2.24. The van der Waals surface area contributed by atoms with Gasteiger partial charge in [0.25, 0.3) is 0 Å². The quantitative estimate of drug-likeness (QED) is 0.792. The second kappa shape index (κ2) is 6.62. The zero-order chi connectivity index (χ0) is 13.8. The number of ether oxygens (including phenoxy) is 1. The number of hydrogen-bond acceptors (Lipinski definition) is 2. The summed E-state index contributed by atoms with van der Waals surface area (Å²) >= 11 is 0. The van der Waals surface area contributed by atoms with E-state index in [2.05, 4.69) is 36.6 Å². The molecule has 2 nitrogen and oxygen atoms in total. The van der Waals surface area contributed by atoms with Crippen LogP contribution >= 0.6 is 0 Å². The Morgan fingerprint density at radius 3 is 2.70 bits per heavy atom. The van der Waals surface area contributed by atoms with Gasteiger partial charge in [0, 0.05) is 6.04 Å². The Balaban J connectivity index is 1.58. The summed E-state index contributed by atoms with van der Waals surface area (Å²) in [7, 11) is 2.08. The first-order chi connectivity index (χ1) is 9.85. The van der Waals surface area contributed by atoms with E-state index in [4.69, 9.17) is 4.74 Å². The van der Waals surface area contributed by atoms with E-state index in [1.54, 1.807) is 0 Å². The number of benzene rings is 1. The van der Waals surface area contributed by atoms with Crippen LogP contribution in [0.25, 0.3) is 0 Å². The highest BCUT2D eigenvalue weighted by atomic mass is 16.5. The van der Waals surface area contributed by atoms with Crippen molar-refractivity contribution in [1.82, 2.24) is 5.32 Å². The third-order valence-electron chi connectivity index (χ3n) is 4.77. The lowest BCUT2D eigenvalue weighted by molar-refractivity contribution is 0.302. The number of hydrogen-bond donors (Lipinski definition) is 1. The van der Waals surface area contributed by atoms with Gasteiger partial charge >= 0.3 is 0 Å². The smallest absolute Gasteiger partial charge is 0.120 e. The van der Waals surface area contributed by atoms with Crippen LogP contribution in [0.5, 0.6) is 5.75 Å². The van der Waals surface area contributed by atoms with E-state index >= 15 is 0 Å². The molecule has 1 unspecified atom stereocenters. The Morgan fingerprint density at radius 1 is 1.20 bits per heavy atom. The normalized spacial score (nSPS) is 21.1. The summed E-state index contributed by atoms with van der Waals surface area (Å²) in [5, 5.41) is 3.48. The number of rotatable bonds is 7. The van der Waals surface area contributed by atoms with Gasteiger partial charge in [-0.2, -0.15) is 0 Å². The molecule has 2 aliphatic carbocycles. The summed E-state index contributed by atoms with van der Waals surface area (Å²) in [5.41, 5.74) is 1.38. The van der Waals surface area contributed by atoms with E-state index in [1.165, 1.54) is 56.9 Å². The van der Waals surface area contributed by atoms with Crippen LogP contribution in [-0.4, -0.2) is 13.2 Å². The Kier molecular flexibility index (Phi) is 4.62.